The summed E-state index contributed by atoms with van der Waals surface area (Å²) >= 11 is 2.05. The molecule has 3 aliphatic heterocycles. The first-order chi connectivity index (χ1) is 9.84. The van der Waals surface area contributed by atoms with Crippen LogP contribution in [-0.4, -0.2) is 47.5 Å². The molecule has 0 saturated carbocycles. The molecule has 3 rings (SSSR count). The van der Waals surface area contributed by atoms with E-state index in [4.69, 9.17) is 0 Å². The Morgan fingerprint density at radius 3 is 2.70 bits per heavy atom. The summed E-state index contributed by atoms with van der Waals surface area (Å²) in [6, 6.07) is 1.05. The zero-order valence-corrected chi connectivity index (χ0v) is 13.3. The van der Waals surface area contributed by atoms with Crippen molar-refractivity contribution < 1.29 is 4.79 Å². The molecule has 2 atom stereocenters. The van der Waals surface area contributed by atoms with E-state index in [1.54, 1.807) is 0 Å². The van der Waals surface area contributed by atoms with E-state index in [0.29, 0.717) is 23.9 Å². The molecular formula is C16H28N2OS. The van der Waals surface area contributed by atoms with Gasteiger partial charge in [0.2, 0.25) is 5.91 Å². The predicted octanol–water partition coefficient (Wildman–Crippen LogP) is 2.65. The van der Waals surface area contributed by atoms with Crippen molar-refractivity contribution in [2.24, 2.45) is 5.92 Å². The number of rotatable bonds is 3. The van der Waals surface area contributed by atoms with Crippen molar-refractivity contribution in [2.75, 3.05) is 24.6 Å². The monoisotopic (exact) mass is 296 g/mol. The van der Waals surface area contributed by atoms with E-state index in [-0.39, 0.29) is 0 Å². The molecule has 0 spiro atoms. The Labute approximate surface area is 127 Å². The van der Waals surface area contributed by atoms with Gasteiger partial charge in [0.15, 0.2) is 0 Å². The molecular weight excluding hydrogens is 268 g/mol. The standard InChI is InChI=1S/C16H28N2OS/c19-16(12-13-6-10-20-11-7-13)18-9-2-1-5-15(18)14-4-3-8-17-14/h13-15,17H,1-12H2. The highest BCUT2D eigenvalue weighted by Crippen LogP contribution is 2.29. The van der Waals surface area contributed by atoms with Crippen molar-refractivity contribution in [3.63, 3.8) is 0 Å². The molecule has 3 nitrogen and oxygen atoms in total. The predicted molar refractivity (Wildman–Crippen MR) is 85.0 cm³/mol. The number of piperidine rings is 1. The van der Waals surface area contributed by atoms with Crippen LogP contribution < -0.4 is 5.32 Å². The summed E-state index contributed by atoms with van der Waals surface area (Å²) in [7, 11) is 0. The topological polar surface area (TPSA) is 32.3 Å². The summed E-state index contributed by atoms with van der Waals surface area (Å²) in [4.78, 5) is 15.0. The van der Waals surface area contributed by atoms with Crippen molar-refractivity contribution in [2.45, 2.75) is 63.5 Å². The molecule has 20 heavy (non-hydrogen) atoms. The Morgan fingerprint density at radius 1 is 1.10 bits per heavy atom. The van der Waals surface area contributed by atoms with Gasteiger partial charge in [-0.15, -0.1) is 0 Å². The largest absolute Gasteiger partial charge is 0.338 e. The normalized spacial score (nSPS) is 32.5. The second kappa shape index (κ2) is 7.17. The van der Waals surface area contributed by atoms with Crippen molar-refractivity contribution in [1.82, 2.24) is 10.2 Å². The maximum absolute atomic E-state index is 12.7. The third-order valence-corrected chi connectivity index (χ3v) is 6.29. The first kappa shape index (κ1) is 14.7. The smallest absolute Gasteiger partial charge is 0.223 e. The summed E-state index contributed by atoms with van der Waals surface area (Å²) in [5, 5.41) is 3.62. The van der Waals surface area contributed by atoms with Gasteiger partial charge in [-0.25, -0.2) is 0 Å². The van der Waals surface area contributed by atoms with Crippen molar-refractivity contribution in [3.05, 3.63) is 0 Å². The van der Waals surface area contributed by atoms with Gasteiger partial charge in [0, 0.05) is 25.0 Å². The molecule has 1 N–H and O–H groups in total. The van der Waals surface area contributed by atoms with Crippen LogP contribution in [-0.2, 0) is 4.79 Å². The fourth-order valence-electron chi connectivity index (χ4n) is 4.04. The highest BCUT2D eigenvalue weighted by atomic mass is 32.2. The number of amides is 1. The van der Waals surface area contributed by atoms with Crippen LogP contribution in [0.25, 0.3) is 0 Å². The molecule has 0 radical (unpaired) electrons. The van der Waals surface area contributed by atoms with Crippen LogP contribution in [0.1, 0.15) is 51.4 Å². The molecule has 1 amide bonds. The number of carbonyl (C=O) groups is 1. The summed E-state index contributed by atoms with van der Waals surface area (Å²) in [5.41, 5.74) is 0. The molecule has 0 aromatic carbocycles. The number of nitrogens with one attached hydrogen (secondary N) is 1. The van der Waals surface area contributed by atoms with E-state index in [1.807, 2.05) is 11.8 Å². The SMILES string of the molecule is O=C(CC1CCSCC1)N1CCCCC1C1CCCN1. The molecule has 3 saturated heterocycles. The molecule has 0 aromatic rings. The Bertz CT molecular complexity index is 324. The molecule has 3 aliphatic rings. The van der Waals surface area contributed by atoms with Gasteiger partial charge >= 0.3 is 0 Å². The number of nitrogens with zero attached hydrogens (tertiary/aromatic N) is 1. The van der Waals surface area contributed by atoms with E-state index in [0.717, 1.165) is 19.5 Å². The maximum Gasteiger partial charge on any atom is 0.223 e. The number of likely N-dealkylation sites (tertiary alicyclic amines) is 1. The Balaban J connectivity index is 1.58. The average Bonchev–Trinajstić information content (AvgIpc) is 3.02. The van der Waals surface area contributed by atoms with Crippen molar-refractivity contribution in [3.8, 4) is 0 Å². The summed E-state index contributed by atoms with van der Waals surface area (Å²) in [6.45, 7) is 2.15. The van der Waals surface area contributed by atoms with Gasteiger partial charge in [-0.2, -0.15) is 11.8 Å². The van der Waals surface area contributed by atoms with E-state index in [2.05, 4.69) is 10.2 Å². The number of hydrogen-bond donors (Lipinski definition) is 1. The zero-order valence-electron chi connectivity index (χ0n) is 12.5. The van der Waals surface area contributed by atoms with Gasteiger partial charge in [-0.3, -0.25) is 4.79 Å². The number of carbonyl (C=O) groups excluding carboxylic acids is 1. The van der Waals surface area contributed by atoms with Gasteiger partial charge in [-0.1, -0.05) is 0 Å². The molecule has 0 aliphatic carbocycles. The third kappa shape index (κ3) is 3.51. The summed E-state index contributed by atoms with van der Waals surface area (Å²) in [5.74, 6) is 3.61. The summed E-state index contributed by atoms with van der Waals surface area (Å²) in [6.07, 6.45) is 9.56. The molecule has 114 valence electrons. The quantitative estimate of drug-likeness (QED) is 0.869. The zero-order chi connectivity index (χ0) is 13.8. The first-order valence-electron chi connectivity index (χ1n) is 8.45. The van der Waals surface area contributed by atoms with Crippen LogP contribution in [0.15, 0.2) is 0 Å². The minimum Gasteiger partial charge on any atom is -0.338 e. The highest BCUT2D eigenvalue weighted by molar-refractivity contribution is 7.99. The van der Waals surface area contributed by atoms with Gasteiger partial charge in [0.1, 0.15) is 0 Å². The lowest BCUT2D eigenvalue weighted by atomic mass is 9.92. The van der Waals surface area contributed by atoms with Gasteiger partial charge in [-0.05, 0) is 68.9 Å². The van der Waals surface area contributed by atoms with E-state index >= 15 is 0 Å². The summed E-state index contributed by atoms with van der Waals surface area (Å²) < 4.78 is 0. The Hall–Kier alpha value is -0.220. The van der Waals surface area contributed by atoms with Crippen LogP contribution in [0.2, 0.25) is 0 Å². The lowest BCUT2D eigenvalue weighted by Crippen LogP contribution is -2.52. The molecule has 3 heterocycles. The van der Waals surface area contributed by atoms with Crippen LogP contribution in [0, 0.1) is 5.92 Å². The van der Waals surface area contributed by atoms with Crippen LogP contribution in [0.5, 0.6) is 0 Å². The van der Waals surface area contributed by atoms with E-state index in [1.165, 1.54) is 56.5 Å². The van der Waals surface area contributed by atoms with Gasteiger partial charge in [0.05, 0.1) is 0 Å². The number of thioether (sulfide) groups is 1. The second-order valence-electron chi connectivity index (χ2n) is 6.61. The first-order valence-corrected chi connectivity index (χ1v) is 9.60. The highest BCUT2D eigenvalue weighted by Gasteiger charge is 2.34. The maximum atomic E-state index is 12.7. The third-order valence-electron chi connectivity index (χ3n) is 5.24. The fourth-order valence-corrected chi connectivity index (χ4v) is 5.24. The van der Waals surface area contributed by atoms with E-state index < -0.39 is 0 Å². The molecule has 4 heteroatoms. The van der Waals surface area contributed by atoms with Crippen LogP contribution >= 0.6 is 11.8 Å². The Kier molecular flexibility index (Phi) is 5.27. The lowest BCUT2D eigenvalue weighted by molar-refractivity contribution is -0.136. The molecule has 0 aromatic heterocycles. The minimum atomic E-state index is 0.445. The van der Waals surface area contributed by atoms with Crippen molar-refractivity contribution in [1.29, 1.82) is 0 Å². The Morgan fingerprint density at radius 2 is 1.95 bits per heavy atom. The second-order valence-corrected chi connectivity index (χ2v) is 7.84. The fraction of sp³-hybridized carbons (Fsp3) is 0.938. The molecule has 2 unspecified atom stereocenters. The lowest BCUT2D eigenvalue weighted by Gasteiger charge is -2.40. The van der Waals surface area contributed by atoms with Crippen LogP contribution in [0.4, 0.5) is 0 Å². The molecule has 3 fully saturated rings. The van der Waals surface area contributed by atoms with Gasteiger partial charge in [0.25, 0.3) is 0 Å². The van der Waals surface area contributed by atoms with Crippen molar-refractivity contribution >= 4 is 17.7 Å². The number of hydrogen-bond acceptors (Lipinski definition) is 3. The van der Waals surface area contributed by atoms with Crippen LogP contribution in [0.3, 0.4) is 0 Å². The van der Waals surface area contributed by atoms with Gasteiger partial charge < -0.3 is 10.2 Å². The molecule has 0 bridgehead atoms. The average molecular weight is 296 g/mol. The minimum absolute atomic E-state index is 0.445. The van der Waals surface area contributed by atoms with E-state index in [9.17, 15) is 4.79 Å².